The van der Waals surface area contributed by atoms with Gasteiger partial charge in [0.05, 0.1) is 19.1 Å². The van der Waals surface area contributed by atoms with Gasteiger partial charge < -0.3 is 9.84 Å². The number of hydrogen-bond acceptors (Lipinski definition) is 2. The summed E-state index contributed by atoms with van der Waals surface area (Å²) in [5.74, 6) is 0.574. The van der Waals surface area contributed by atoms with E-state index in [1.165, 1.54) is 12.1 Å². The van der Waals surface area contributed by atoms with Gasteiger partial charge in [0.15, 0.2) is 0 Å². The van der Waals surface area contributed by atoms with Crippen LogP contribution in [0.4, 0.5) is 13.2 Å². The topological polar surface area (TPSA) is 29.5 Å². The first kappa shape index (κ1) is 12.8. The normalized spacial score (nSPS) is 13.6. The average Bonchev–Trinajstić information content (AvgIpc) is 2.16. The number of alkyl halides is 3. The average molecular weight is 234 g/mol. The third-order valence-corrected chi connectivity index (χ3v) is 2.00. The molecule has 0 saturated carbocycles. The van der Waals surface area contributed by atoms with Crippen molar-refractivity contribution in [2.75, 3.05) is 6.61 Å². The number of halogens is 3. The van der Waals surface area contributed by atoms with Crippen LogP contribution in [-0.2, 0) is 0 Å². The Kier molecular flexibility index (Phi) is 4.18. The maximum atomic E-state index is 12.0. The Balaban J connectivity index is 2.66. The Bertz CT molecular complexity index is 319. The minimum Gasteiger partial charge on any atom is -0.494 e. The highest BCUT2D eigenvalue weighted by Crippen LogP contribution is 2.29. The Morgan fingerprint density at radius 1 is 1.25 bits per heavy atom. The van der Waals surface area contributed by atoms with Gasteiger partial charge in [-0.2, -0.15) is 13.2 Å². The number of rotatable bonds is 4. The molecule has 0 aliphatic carbocycles. The molecule has 0 radical (unpaired) electrons. The van der Waals surface area contributed by atoms with E-state index < -0.39 is 18.7 Å². The Morgan fingerprint density at radius 2 is 1.81 bits per heavy atom. The van der Waals surface area contributed by atoms with Crippen LogP contribution in [0.5, 0.6) is 5.75 Å². The predicted octanol–water partition coefficient (Wildman–Crippen LogP) is 3.07. The van der Waals surface area contributed by atoms with Gasteiger partial charge in [-0.05, 0) is 24.6 Å². The fraction of sp³-hybridized carbons (Fsp3) is 0.455. The molecule has 5 heteroatoms. The second-order valence-corrected chi connectivity index (χ2v) is 3.34. The van der Waals surface area contributed by atoms with E-state index in [-0.39, 0.29) is 5.56 Å². The number of ether oxygens (including phenoxy) is 1. The molecule has 1 aromatic carbocycles. The maximum absolute atomic E-state index is 12.0. The second-order valence-electron chi connectivity index (χ2n) is 3.34. The number of benzene rings is 1. The number of aliphatic hydroxyl groups excluding tert-OH is 1. The first-order valence-corrected chi connectivity index (χ1v) is 4.90. The van der Waals surface area contributed by atoms with E-state index in [9.17, 15) is 18.3 Å². The van der Waals surface area contributed by atoms with E-state index in [1.54, 1.807) is 12.1 Å². The minimum atomic E-state index is -4.36. The van der Waals surface area contributed by atoms with Crippen molar-refractivity contribution >= 4 is 0 Å². The molecule has 0 spiro atoms. The molecule has 90 valence electrons. The predicted molar refractivity (Wildman–Crippen MR) is 53.2 cm³/mol. The second kappa shape index (κ2) is 5.21. The molecule has 0 bridgehead atoms. The van der Waals surface area contributed by atoms with Crippen LogP contribution in [-0.4, -0.2) is 17.9 Å². The summed E-state index contributed by atoms with van der Waals surface area (Å²) in [6.45, 7) is 2.30. The van der Waals surface area contributed by atoms with Crippen molar-refractivity contribution in [2.45, 2.75) is 25.6 Å². The van der Waals surface area contributed by atoms with E-state index in [4.69, 9.17) is 4.74 Å². The van der Waals surface area contributed by atoms with Gasteiger partial charge in [-0.1, -0.05) is 12.1 Å². The van der Waals surface area contributed by atoms with Crippen molar-refractivity contribution in [3.05, 3.63) is 29.8 Å². The quantitative estimate of drug-likeness (QED) is 0.867. The van der Waals surface area contributed by atoms with Gasteiger partial charge in [0.2, 0.25) is 0 Å². The summed E-state index contributed by atoms with van der Waals surface area (Å²) in [7, 11) is 0. The maximum Gasteiger partial charge on any atom is 0.391 e. The zero-order valence-electron chi connectivity index (χ0n) is 8.79. The van der Waals surface area contributed by atoms with Crippen LogP contribution in [0.25, 0.3) is 0 Å². The van der Waals surface area contributed by atoms with Gasteiger partial charge in [-0.25, -0.2) is 0 Å². The van der Waals surface area contributed by atoms with E-state index in [2.05, 4.69) is 0 Å². The van der Waals surface area contributed by atoms with Crippen LogP contribution in [0.15, 0.2) is 24.3 Å². The van der Waals surface area contributed by atoms with Crippen molar-refractivity contribution in [1.29, 1.82) is 0 Å². The van der Waals surface area contributed by atoms with Crippen molar-refractivity contribution in [3.8, 4) is 5.75 Å². The largest absolute Gasteiger partial charge is 0.494 e. The molecule has 0 fully saturated rings. The lowest BCUT2D eigenvalue weighted by Crippen LogP contribution is -2.13. The first-order valence-electron chi connectivity index (χ1n) is 4.90. The van der Waals surface area contributed by atoms with Crippen molar-refractivity contribution in [1.82, 2.24) is 0 Å². The lowest BCUT2D eigenvalue weighted by Gasteiger charge is -2.13. The lowest BCUT2D eigenvalue weighted by molar-refractivity contribution is -0.154. The Hall–Kier alpha value is -1.23. The summed E-state index contributed by atoms with van der Waals surface area (Å²) in [6, 6.07) is 5.94. The van der Waals surface area contributed by atoms with E-state index in [0.717, 1.165) is 0 Å². The fourth-order valence-electron chi connectivity index (χ4n) is 1.29. The molecule has 0 aliphatic rings. The summed E-state index contributed by atoms with van der Waals surface area (Å²) in [5, 5.41) is 9.32. The van der Waals surface area contributed by atoms with Crippen LogP contribution < -0.4 is 4.74 Å². The molecule has 1 aromatic rings. The van der Waals surface area contributed by atoms with Crippen molar-refractivity contribution in [3.63, 3.8) is 0 Å². The van der Waals surface area contributed by atoms with Gasteiger partial charge in [-0.15, -0.1) is 0 Å². The van der Waals surface area contributed by atoms with Crippen LogP contribution >= 0.6 is 0 Å². The van der Waals surface area contributed by atoms with Gasteiger partial charge in [0.1, 0.15) is 5.75 Å². The summed E-state index contributed by atoms with van der Waals surface area (Å²) in [4.78, 5) is 0. The summed E-state index contributed by atoms with van der Waals surface area (Å²) in [6.07, 6.45) is -7.12. The third-order valence-electron chi connectivity index (χ3n) is 2.00. The number of aliphatic hydroxyl groups is 1. The van der Waals surface area contributed by atoms with Gasteiger partial charge in [0, 0.05) is 0 Å². The highest BCUT2D eigenvalue weighted by molar-refractivity contribution is 5.28. The Morgan fingerprint density at radius 3 is 2.25 bits per heavy atom. The third kappa shape index (κ3) is 4.10. The zero-order valence-corrected chi connectivity index (χ0v) is 8.79. The minimum absolute atomic E-state index is 0.237. The highest BCUT2D eigenvalue weighted by atomic mass is 19.4. The van der Waals surface area contributed by atoms with E-state index in [1.807, 2.05) is 6.92 Å². The highest BCUT2D eigenvalue weighted by Gasteiger charge is 2.31. The molecule has 0 aliphatic heterocycles. The fourth-order valence-corrected chi connectivity index (χ4v) is 1.29. The lowest BCUT2D eigenvalue weighted by atomic mass is 10.1. The van der Waals surface area contributed by atoms with Crippen LogP contribution in [0.1, 0.15) is 25.0 Å². The standard InChI is InChI=1S/C11H13F3O2/c1-2-16-9-5-3-8(4-6-9)10(15)7-11(12,13)14/h3-6,10,15H,2,7H2,1H3. The molecule has 0 amide bonds. The SMILES string of the molecule is CCOc1ccc(C(O)CC(F)(F)F)cc1. The van der Waals surface area contributed by atoms with Crippen LogP contribution in [0.3, 0.4) is 0 Å². The molecule has 0 heterocycles. The van der Waals surface area contributed by atoms with Crippen molar-refractivity contribution < 1.29 is 23.0 Å². The number of hydrogen-bond donors (Lipinski definition) is 1. The smallest absolute Gasteiger partial charge is 0.391 e. The molecule has 1 atom stereocenters. The summed E-state index contributed by atoms with van der Waals surface area (Å²) in [5.41, 5.74) is 0.237. The molecule has 2 nitrogen and oxygen atoms in total. The van der Waals surface area contributed by atoms with Gasteiger partial charge in [-0.3, -0.25) is 0 Å². The van der Waals surface area contributed by atoms with Crippen molar-refractivity contribution in [2.24, 2.45) is 0 Å². The monoisotopic (exact) mass is 234 g/mol. The molecule has 0 aromatic heterocycles. The molecular formula is C11H13F3O2. The zero-order chi connectivity index (χ0) is 12.2. The Labute approximate surface area is 91.7 Å². The summed E-state index contributed by atoms with van der Waals surface area (Å²) >= 11 is 0. The van der Waals surface area contributed by atoms with Gasteiger partial charge >= 0.3 is 6.18 Å². The molecule has 1 unspecified atom stereocenters. The molecular weight excluding hydrogens is 221 g/mol. The summed E-state index contributed by atoms with van der Waals surface area (Å²) < 4.78 is 41.2. The molecule has 0 saturated heterocycles. The van der Waals surface area contributed by atoms with Crippen LogP contribution in [0.2, 0.25) is 0 Å². The van der Waals surface area contributed by atoms with E-state index >= 15 is 0 Å². The van der Waals surface area contributed by atoms with Gasteiger partial charge in [0.25, 0.3) is 0 Å². The molecule has 1 rings (SSSR count). The first-order chi connectivity index (χ1) is 7.42. The molecule has 1 N–H and O–H groups in total. The molecule has 16 heavy (non-hydrogen) atoms. The van der Waals surface area contributed by atoms with E-state index in [0.29, 0.717) is 12.4 Å². The van der Waals surface area contributed by atoms with Crippen LogP contribution in [0, 0.1) is 0 Å².